The Kier molecular flexibility index (Phi) is 3.72. The molecule has 1 aliphatic carbocycles. The van der Waals surface area contributed by atoms with Crippen molar-refractivity contribution >= 4 is 5.97 Å². The van der Waals surface area contributed by atoms with Gasteiger partial charge in [0.1, 0.15) is 0 Å². The summed E-state index contributed by atoms with van der Waals surface area (Å²) in [6, 6.07) is 0. The minimum absolute atomic E-state index is 0.246. The molecule has 0 aromatic rings. The van der Waals surface area contributed by atoms with Crippen LogP contribution in [0.1, 0.15) is 33.1 Å². The second-order valence-electron chi connectivity index (χ2n) is 3.59. The third-order valence-electron chi connectivity index (χ3n) is 2.55. The van der Waals surface area contributed by atoms with Crippen LogP contribution in [0, 0.1) is 11.8 Å². The summed E-state index contributed by atoms with van der Waals surface area (Å²) in [5, 5.41) is 9.74. The molecule has 0 aliphatic heterocycles. The van der Waals surface area contributed by atoms with Gasteiger partial charge in [0.25, 0.3) is 0 Å². The Morgan fingerprint density at radius 1 is 1.54 bits per heavy atom. The molecule has 13 heavy (non-hydrogen) atoms. The molecule has 0 bridgehead atoms. The van der Waals surface area contributed by atoms with Crippen LogP contribution >= 0.6 is 0 Å². The highest BCUT2D eigenvalue weighted by Crippen LogP contribution is 2.36. The third kappa shape index (κ3) is 2.69. The lowest BCUT2D eigenvalue weighted by Crippen LogP contribution is -2.30. The minimum atomic E-state index is -0.482. The number of ether oxygens (including phenoxy) is 1. The second kappa shape index (κ2) is 4.61. The molecule has 2 atom stereocenters. The van der Waals surface area contributed by atoms with E-state index in [0.29, 0.717) is 18.9 Å². The van der Waals surface area contributed by atoms with Crippen molar-refractivity contribution in [2.75, 3.05) is 6.61 Å². The van der Waals surface area contributed by atoms with E-state index in [4.69, 9.17) is 4.74 Å². The quantitative estimate of drug-likeness (QED) is 0.659. The molecule has 1 fully saturated rings. The molecule has 0 radical (unpaired) electrons. The summed E-state index contributed by atoms with van der Waals surface area (Å²) in [4.78, 5) is 11.4. The van der Waals surface area contributed by atoms with Gasteiger partial charge in [0.15, 0.2) is 0 Å². The number of aliphatic hydroxyl groups is 1. The Bertz CT molecular complexity index is 175. The highest BCUT2D eigenvalue weighted by atomic mass is 16.5. The van der Waals surface area contributed by atoms with Gasteiger partial charge in [-0.2, -0.15) is 0 Å². The highest BCUT2D eigenvalue weighted by Gasteiger charge is 2.38. The molecule has 1 rings (SSSR count). The predicted octanol–water partition coefficient (Wildman–Crippen LogP) is 1.35. The summed E-state index contributed by atoms with van der Waals surface area (Å²) in [7, 11) is 0. The molecule has 1 aliphatic rings. The van der Waals surface area contributed by atoms with Crippen LogP contribution in [-0.4, -0.2) is 23.8 Å². The van der Waals surface area contributed by atoms with E-state index in [9.17, 15) is 9.90 Å². The van der Waals surface area contributed by atoms with Gasteiger partial charge in [-0.1, -0.05) is 6.92 Å². The fourth-order valence-corrected chi connectivity index (χ4v) is 1.56. The number of rotatable bonds is 5. The molecule has 3 nitrogen and oxygen atoms in total. The van der Waals surface area contributed by atoms with Gasteiger partial charge in [-0.15, -0.1) is 0 Å². The van der Waals surface area contributed by atoms with Gasteiger partial charge >= 0.3 is 5.97 Å². The molecular formula is C10H18O3. The fourth-order valence-electron chi connectivity index (χ4n) is 1.56. The summed E-state index contributed by atoms with van der Waals surface area (Å²) >= 11 is 0. The van der Waals surface area contributed by atoms with Gasteiger partial charge in [-0.25, -0.2) is 0 Å². The van der Waals surface area contributed by atoms with Crippen molar-refractivity contribution in [1.82, 2.24) is 0 Å². The van der Waals surface area contributed by atoms with Crippen LogP contribution in [0.5, 0.6) is 0 Å². The van der Waals surface area contributed by atoms with Gasteiger partial charge in [-0.05, 0) is 32.1 Å². The van der Waals surface area contributed by atoms with Crippen LogP contribution in [0.2, 0.25) is 0 Å². The van der Waals surface area contributed by atoms with Crippen LogP contribution < -0.4 is 0 Å². The summed E-state index contributed by atoms with van der Waals surface area (Å²) in [6.45, 7) is 4.09. The SMILES string of the molecule is CCOC(=O)C(CC)C(O)C1CC1. The first kappa shape index (κ1) is 10.5. The number of carbonyl (C=O) groups excluding carboxylic acids is 1. The van der Waals surface area contributed by atoms with Gasteiger partial charge in [-0.3, -0.25) is 4.79 Å². The highest BCUT2D eigenvalue weighted by molar-refractivity contribution is 5.73. The first-order chi connectivity index (χ1) is 6.20. The molecular weight excluding hydrogens is 168 g/mol. The van der Waals surface area contributed by atoms with Crippen molar-refractivity contribution in [3.63, 3.8) is 0 Å². The summed E-state index contributed by atoms with van der Waals surface area (Å²) in [5.74, 6) is -0.216. The van der Waals surface area contributed by atoms with Gasteiger partial charge in [0.2, 0.25) is 0 Å². The van der Waals surface area contributed by atoms with Gasteiger partial charge in [0.05, 0.1) is 18.6 Å². The monoisotopic (exact) mass is 186 g/mol. The molecule has 1 N–H and O–H groups in total. The molecule has 3 heteroatoms. The van der Waals surface area contributed by atoms with Crippen LogP contribution in [0.4, 0.5) is 0 Å². The van der Waals surface area contributed by atoms with Crippen LogP contribution in [0.3, 0.4) is 0 Å². The Hall–Kier alpha value is -0.570. The van der Waals surface area contributed by atoms with Crippen LogP contribution in [0.25, 0.3) is 0 Å². The van der Waals surface area contributed by atoms with Crippen molar-refractivity contribution in [2.24, 2.45) is 11.8 Å². The topological polar surface area (TPSA) is 46.5 Å². The summed E-state index contributed by atoms with van der Waals surface area (Å²) < 4.78 is 4.90. The Morgan fingerprint density at radius 2 is 2.15 bits per heavy atom. The standard InChI is InChI=1S/C10H18O3/c1-3-8(10(12)13-4-2)9(11)7-5-6-7/h7-9,11H,3-6H2,1-2H3. The van der Waals surface area contributed by atoms with Crippen molar-refractivity contribution < 1.29 is 14.6 Å². The zero-order chi connectivity index (χ0) is 9.84. The molecule has 0 spiro atoms. The van der Waals surface area contributed by atoms with E-state index in [-0.39, 0.29) is 11.9 Å². The molecule has 0 heterocycles. The molecule has 0 saturated heterocycles. The number of esters is 1. The Morgan fingerprint density at radius 3 is 2.54 bits per heavy atom. The normalized spacial score (nSPS) is 20.8. The van der Waals surface area contributed by atoms with Crippen molar-refractivity contribution in [3.05, 3.63) is 0 Å². The molecule has 0 aromatic carbocycles. The summed E-state index contributed by atoms with van der Waals surface area (Å²) in [5.41, 5.74) is 0. The van der Waals surface area contributed by atoms with E-state index in [2.05, 4.69) is 0 Å². The Balaban J connectivity index is 2.44. The van der Waals surface area contributed by atoms with E-state index in [1.54, 1.807) is 6.92 Å². The molecule has 1 saturated carbocycles. The van der Waals surface area contributed by atoms with Crippen molar-refractivity contribution in [1.29, 1.82) is 0 Å². The van der Waals surface area contributed by atoms with E-state index < -0.39 is 6.10 Å². The number of carbonyl (C=O) groups is 1. The third-order valence-corrected chi connectivity index (χ3v) is 2.55. The van der Waals surface area contributed by atoms with Crippen molar-refractivity contribution in [3.8, 4) is 0 Å². The fraction of sp³-hybridized carbons (Fsp3) is 0.900. The largest absolute Gasteiger partial charge is 0.466 e. The second-order valence-corrected chi connectivity index (χ2v) is 3.59. The van der Waals surface area contributed by atoms with E-state index in [0.717, 1.165) is 12.8 Å². The maximum absolute atomic E-state index is 11.4. The number of hydrogen-bond acceptors (Lipinski definition) is 3. The molecule has 2 unspecified atom stereocenters. The summed E-state index contributed by atoms with van der Waals surface area (Å²) in [6.07, 6.45) is 2.29. The van der Waals surface area contributed by atoms with Crippen LogP contribution in [0.15, 0.2) is 0 Å². The first-order valence-corrected chi connectivity index (χ1v) is 5.05. The molecule has 0 aromatic heterocycles. The van der Waals surface area contributed by atoms with Gasteiger partial charge < -0.3 is 9.84 Å². The van der Waals surface area contributed by atoms with Crippen LogP contribution in [-0.2, 0) is 9.53 Å². The average molecular weight is 186 g/mol. The predicted molar refractivity (Wildman–Crippen MR) is 49.1 cm³/mol. The first-order valence-electron chi connectivity index (χ1n) is 5.05. The van der Waals surface area contributed by atoms with E-state index in [1.807, 2.05) is 6.92 Å². The number of aliphatic hydroxyl groups excluding tert-OH is 1. The smallest absolute Gasteiger partial charge is 0.311 e. The zero-order valence-electron chi connectivity index (χ0n) is 8.32. The molecule has 76 valence electrons. The molecule has 0 amide bonds. The van der Waals surface area contributed by atoms with E-state index >= 15 is 0 Å². The minimum Gasteiger partial charge on any atom is -0.466 e. The lowest BCUT2D eigenvalue weighted by atomic mass is 9.96. The maximum Gasteiger partial charge on any atom is 0.311 e. The lowest BCUT2D eigenvalue weighted by Gasteiger charge is -2.19. The van der Waals surface area contributed by atoms with E-state index in [1.165, 1.54) is 0 Å². The number of hydrogen-bond donors (Lipinski definition) is 1. The lowest BCUT2D eigenvalue weighted by molar-refractivity contribution is -0.152. The Labute approximate surface area is 79.1 Å². The maximum atomic E-state index is 11.4. The average Bonchev–Trinajstić information content (AvgIpc) is 2.88. The van der Waals surface area contributed by atoms with Gasteiger partial charge in [0, 0.05) is 0 Å². The van der Waals surface area contributed by atoms with Crippen molar-refractivity contribution in [2.45, 2.75) is 39.2 Å². The zero-order valence-corrected chi connectivity index (χ0v) is 8.32.